The number of methoxy groups -OCH3 is 2. The van der Waals surface area contributed by atoms with Crippen LogP contribution in [0.2, 0.25) is 0 Å². The number of carbonyl (C=O) groups excluding carboxylic acids is 2. The first-order valence-corrected chi connectivity index (χ1v) is 11.3. The summed E-state index contributed by atoms with van der Waals surface area (Å²) in [6, 6.07) is 19.6. The number of nitrogens with zero attached hydrogens (tertiary/aromatic N) is 1. The summed E-state index contributed by atoms with van der Waals surface area (Å²) in [7, 11) is 2.82. The van der Waals surface area contributed by atoms with Crippen molar-refractivity contribution in [1.29, 1.82) is 0 Å². The Hall–Kier alpha value is -4.17. The van der Waals surface area contributed by atoms with Crippen molar-refractivity contribution in [2.24, 2.45) is 0 Å². The van der Waals surface area contributed by atoms with E-state index in [2.05, 4.69) is 0 Å². The summed E-state index contributed by atoms with van der Waals surface area (Å²) in [4.78, 5) is 27.3. The van der Waals surface area contributed by atoms with E-state index in [1.54, 1.807) is 24.3 Å². The van der Waals surface area contributed by atoms with Gasteiger partial charge in [0.15, 0.2) is 11.6 Å². The Kier molecular flexibility index (Phi) is 7.65. The van der Waals surface area contributed by atoms with E-state index in [-0.39, 0.29) is 30.0 Å². The molecule has 3 aromatic rings. The number of amides is 1. The molecule has 3 aromatic carbocycles. The third-order valence-electron chi connectivity index (χ3n) is 5.95. The molecular formula is C28H26FNO6. The van der Waals surface area contributed by atoms with E-state index in [0.717, 1.165) is 11.6 Å². The van der Waals surface area contributed by atoms with Crippen LogP contribution in [-0.2, 0) is 20.9 Å². The molecule has 1 N–H and O–H groups in total. The van der Waals surface area contributed by atoms with Gasteiger partial charge in [-0.25, -0.2) is 4.39 Å². The van der Waals surface area contributed by atoms with Crippen LogP contribution in [0.4, 0.5) is 4.39 Å². The largest absolute Gasteiger partial charge is 0.507 e. The molecule has 7 nitrogen and oxygen atoms in total. The number of ketones is 1. The first-order valence-electron chi connectivity index (χ1n) is 11.3. The molecule has 1 fully saturated rings. The minimum absolute atomic E-state index is 0.00487. The lowest BCUT2D eigenvalue weighted by Crippen LogP contribution is -2.32. The molecule has 1 atom stereocenters. The van der Waals surface area contributed by atoms with E-state index in [0.29, 0.717) is 17.9 Å². The number of benzene rings is 3. The number of likely N-dealkylation sites (tertiary alicyclic amines) is 1. The van der Waals surface area contributed by atoms with Gasteiger partial charge in [-0.1, -0.05) is 42.5 Å². The number of hydrogen-bond donors (Lipinski definition) is 1. The van der Waals surface area contributed by atoms with Crippen molar-refractivity contribution in [2.75, 3.05) is 27.4 Å². The standard InChI is InChI=1S/C28H26FNO6/c1-34-15-14-30-25(19-8-11-21(12-9-19)36-17-18-6-4-3-5-7-18)24(27(32)28(30)33)26(31)20-10-13-23(35-2)22(29)16-20/h3-13,16,25,31H,14-15,17H2,1-2H3/b26-24-. The smallest absolute Gasteiger partial charge is 0.295 e. The number of halogens is 1. The van der Waals surface area contributed by atoms with Crippen LogP contribution in [-0.4, -0.2) is 49.1 Å². The lowest BCUT2D eigenvalue weighted by atomic mass is 9.95. The number of Topliss-reactive ketones (excluding diaryl/α,β-unsaturated/α-hetero) is 1. The van der Waals surface area contributed by atoms with Gasteiger partial charge in [-0.15, -0.1) is 0 Å². The van der Waals surface area contributed by atoms with Crippen LogP contribution in [0.15, 0.2) is 78.4 Å². The zero-order valence-corrected chi connectivity index (χ0v) is 19.9. The van der Waals surface area contributed by atoms with Crippen LogP contribution < -0.4 is 9.47 Å². The molecule has 1 aliphatic heterocycles. The molecule has 4 rings (SSSR count). The predicted octanol–water partition coefficient (Wildman–Crippen LogP) is 4.48. The number of ether oxygens (including phenoxy) is 3. The maximum Gasteiger partial charge on any atom is 0.295 e. The van der Waals surface area contributed by atoms with Gasteiger partial charge in [0, 0.05) is 19.2 Å². The third-order valence-corrected chi connectivity index (χ3v) is 5.95. The fraction of sp³-hybridized carbons (Fsp3) is 0.214. The second-order valence-electron chi connectivity index (χ2n) is 8.18. The van der Waals surface area contributed by atoms with Crippen molar-refractivity contribution in [1.82, 2.24) is 4.90 Å². The van der Waals surface area contributed by atoms with Gasteiger partial charge >= 0.3 is 0 Å². The van der Waals surface area contributed by atoms with Gasteiger partial charge in [-0.05, 0) is 41.5 Å². The second kappa shape index (κ2) is 11.0. The van der Waals surface area contributed by atoms with Crippen molar-refractivity contribution in [2.45, 2.75) is 12.6 Å². The summed E-state index contributed by atoms with van der Waals surface area (Å²) in [5.74, 6) is -2.19. The summed E-state index contributed by atoms with van der Waals surface area (Å²) in [5.41, 5.74) is 1.54. The highest BCUT2D eigenvalue weighted by Gasteiger charge is 2.45. The molecule has 8 heteroatoms. The van der Waals surface area contributed by atoms with Gasteiger partial charge in [-0.2, -0.15) is 0 Å². The second-order valence-corrected chi connectivity index (χ2v) is 8.18. The quantitative estimate of drug-likeness (QED) is 0.270. The summed E-state index contributed by atoms with van der Waals surface area (Å²) in [6.07, 6.45) is 0. The van der Waals surface area contributed by atoms with Crippen molar-refractivity contribution in [3.8, 4) is 11.5 Å². The molecule has 0 aliphatic carbocycles. The van der Waals surface area contributed by atoms with Crippen molar-refractivity contribution in [3.05, 3.63) is 101 Å². The molecule has 0 saturated carbocycles. The first-order chi connectivity index (χ1) is 17.4. The summed E-state index contributed by atoms with van der Waals surface area (Å²) in [6.45, 7) is 0.709. The number of carbonyl (C=O) groups is 2. The third kappa shape index (κ3) is 5.08. The monoisotopic (exact) mass is 491 g/mol. The highest BCUT2D eigenvalue weighted by Crippen LogP contribution is 2.40. The normalized spacial score (nSPS) is 16.9. The number of rotatable bonds is 9. The van der Waals surface area contributed by atoms with Crippen molar-refractivity contribution < 1.29 is 33.3 Å². The van der Waals surface area contributed by atoms with Crippen LogP contribution in [0.3, 0.4) is 0 Å². The van der Waals surface area contributed by atoms with E-state index in [1.165, 1.54) is 31.3 Å². The average molecular weight is 492 g/mol. The van der Waals surface area contributed by atoms with E-state index in [4.69, 9.17) is 14.2 Å². The van der Waals surface area contributed by atoms with Gasteiger partial charge < -0.3 is 24.2 Å². The Labute approximate surface area is 208 Å². The predicted molar refractivity (Wildman–Crippen MR) is 131 cm³/mol. The zero-order valence-electron chi connectivity index (χ0n) is 19.9. The van der Waals surface area contributed by atoms with Crippen molar-refractivity contribution >= 4 is 17.4 Å². The minimum Gasteiger partial charge on any atom is -0.507 e. The fourth-order valence-corrected chi connectivity index (χ4v) is 4.10. The topological polar surface area (TPSA) is 85.3 Å². The zero-order chi connectivity index (χ0) is 25.7. The number of aliphatic hydroxyl groups excluding tert-OH is 1. The Morgan fingerprint density at radius 3 is 2.36 bits per heavy atom. The van der Waals surface area contributed by atoms with E-state index in [1.807, 2.05) is 30.3 Å². The molecule has 1 amide bonds. The highest BCUT2D eigenvalue weighted by molar-refractivity contribution is 6.46. The fourth-order valence-electron chi connectivity index (χ4n) is 4.10. The van der Waals surface area contributed by atoms with Gasteiger partial charge in [0.1, 0.15) is 18.1 Å². The Bertz CT molecular complexity index is 1270. The van der Waals surface area contributed by atoms with Crippen LogP contribution in [0, 0.1) is 5.82 Å². The van der Waals surface area contributed by atoms with Gasteiger partial charge in [0.25, 0.3) is 11.7 Å². The van der Waals surface area contributed by atoms with Crippen LogP contribution >= 0.6 is 0 Å². The van der Waals surface area contributed by atoms with Gasteiger partial charge in [-0.3, -0.25) is 9.59 Å². The molecule has 0 aromatic heterocycles. The molecule has 36 heavy (non-hydrogen) atoms. The molecule has 0 spiro atoms. The highest BCUT2D eigenvalue weighted by atomic mass is 19.1. The van der Waals surface area contributed by atoms with Gasteiger partial charge in [0.2, 0.25) is 0 Å². The van der Waals surface area contributed by atoms with E-state index in [9.17, 15) is 19.1 Å². The van der Waals surface area contributed by atoms with Gasteiger partial charge in [0.05, 0.1) is 25.3 Å². The number of hydrogen-bond acceptors (Lipinski definition) is 6. The Morgan fingerprint density at radius 2 is 1.72 bits per heavy atom. The minimum atomic E-state index is -0.881. The maximum atomic E-state index is 14.3. The molecule has 1 unspecified atom stereocenters. The molecular weight excluding hydrogens is 465 g/mol. The average Bonchev–Trinajstić information content (AvgIpc) is 3.16. The maximum absolute atomic E-state index is 14.3. The molecule has 1 saturated heterocycles. The summed E-state index contributed by atoms with van der Waals surface area (Å²) in [5, 5.41) is 11.1. The molecule has 0 bridgehead atoms. The van der Waals surface area contributed by atoms with E-state index >= 15 is 0 Å². The molecule has 1 aliphatic rings. The number of aliphatic hydroxyl groups is 1. The van der Waals surface area contributed by atoms with Crippen LogP contribution in [0.5, 0.6) is 11.5 Å². The Balaban J connectivity index is 1.69. The lowest BCUT2D eigenvalue weighted by molar-refractivity contribution is -0.140. The van der Waals surface area contributed by atoms with Crippen molar-refractivity contribution in [3.63, 3.8) is 0 Å². The summed E-state index contributed by atoms with van der Waals surface area (Å²) >= 11 is 0. The molecule has 0 radical (unpaired) electrons. The van der Waals surface area contributed by atoms with Crippen LogP contribution in [0.25, 0.3) is 5.76 Å². The first kappa shape index (κ1) is 24.9. The SMILES string of the molecule is COCCN1C(=O)C(=O)/C(=C(\O)c2ccc(OC)c(F)c2)C1c1ccc(OCc2ccccc2)cc1. The molecule has 1 heterocycles. The summed E-state index contributed by atoms with van der Waals surface area (Å²) < 4.78 is 30.2. The Morgan fingerprint density at radius 1 is 1.00 bits per heavy atom. The van der Waals surface area contributed by atoms with Crippen LogP contribution in [0.1, 0.15) is 22.7 Å². The lowest BCUT2D eigenvalue weighted by Gasteiger charge is -2.25. The molecule has 186 valence electrons. The van der Waals surface area contributed by atoms with E-state index < -0.39 is 29.3 Å².